The van der Waals surface area contributed by atoms with E-state index < -0.39 is 17.5 Å². The van der Waals surface area contributed by atoms with E-state index >= 15 is 0 Å². The lowest BCUT2D eigenvalue weighted by Gasteiger charge is -2.37. The van der Waals surface area contributed by atoms with Crippen LogP contribution >= 0.6 is 0 Å². The lowest BCUT2D eigenvalue weighted by Crippen LogP contribution is -2.59. The number of aromatic nitrogens is 2. The van der Waals surface area contributed by atoms with Gasteiger partial charge >= 0.3 is 0 Å². The van der Waals surface area contributed by atoms with Crippen LogP contribution in [0.3, 0.4) is 0 Å². The summed E-state index contributed by atoms with van der Waals surface area (Å²) in [6.45, 7) is 8.84. The third-order valence-corrected chi connectivity index (χ3v) is 8.04. The molecule has 0 bridgehead atoms. The van der Waals surface area contributed by atoms with Gasteiger partial charge < -0.3 is 20.4 Å². The Morgan fingerprint density at radius 1 is 1.09 bits per heavy atom. The Hall–Kier alpha value is -4.05. The normalized spacial score (nSPS) is 16.5. The van der Waals surface area contributed by atoms with Gasteiger partial charge in [-0.15, -0.1) is 0 Å². The maximum Gasteiger partial charge on any atom is 0.257 e. The first kappa shape index (κ1) is 31.9. The Kier molecular flexibility index (Phi) is 10.3. The zero-order valence-corrected chi connectivity index (χ0v) is 25.7. The average Bonchev–Trinajstić information content (AvgIpc) is 3.68. The van der Waals surface area contributed by atoms with Gasteiger partial charge in [0, 0.05) is 31.9 Å². The van der Waals surface area contributed by atoms with E-state index in [2.05, 4.69) is 15.7 Å². The van der Waals surface area contributed by atoms with Gasteiger partial charge in [0.05, 0.1) is 23.5 Å². The predicted molar refractivity (Wildman–Crippen MR) is 164 cm³/mol. The number of carbonyl (C=O) groups excluding carboxylic acids is 3. The first-order valence-corrected chi connectivity index (χ1v) is 14.9. The van der Waals surface area contributed by atoms with Crippen LogP contribution in [0.2, 0.25) is 0 Å². The molecule has 0 saturated carbocycles. The van der Waals surface area contributed by atoms with Crippen molar-refractivity contribution >= 4 is 17.7 Å². The van der Waals surface area contributed by atoms with Crippen molar-refractivity contribution in [3.05, 3.63) is 83.9 Å². The molecule has 0 aliphatic carbocycles. The number of amides is 3. The monoisotopic (exact) mass is 590 g/mol. The molecule has 2 aromatic carbocycles. The van der Waals surface area contributed by atoms with Crippen molar-refractivity contribution in [1.82, 2.24) is 30.2 Å². The molecule has 1 aromatic heterocycles. The molecule has 1 saturated heterocycles. The molecule has 2 heterocycles. The molecule has 0 spiro atoms. The van der Waals surface area contributed by atoms with Crippen molar-refractivity contribution < 1.29 is 18.8 Å². The van der Waals surface area contributed by atoms with E-state index in [-0.39, 0.29) is 29.6 Å². The van der Waals surface area contributed by atoms with E-state index in [9.17, 15) is 18.8 Å². The molecule has 230 valence electrons. The minimum Gasteiger partial charge on any atom is -0.342 e. The Morgan fingerprint density at radius 2 is 1.79 bits per heavy atom. The first-order valence-electron chi connectivity index (χ1n) is 14.9. The second-order valence-electron chi connectivity index (χ2n) is 12.3. The van der Waals surface area contributed by atoms with E-state index in [1.165, 1.54) is 12.1 Å². The maximum atomic E-state index is 14.0. The van der Waals surface area contributed by atoms with Crippen LogP contribution < -0.4 is 10.6 Å². The fraction of sp³-hybridized carbons (Fsp3) is 0.455. The number of nitrogens with one attached hydrogen (secondary N) is 2. The van der Waals surface area contributed by atoms with Gasteiger partial charge in [0.25, 0.3) is 5.91 Å². The van der Waals surface area contributed by atoms with Gasteiger partial charge in [0.15, 0.2) is 0 Å². The largest absolute Gasteiger partial charge is 0.342 e. The zero-order valence-electron chi connectivity index (χ0n) is 25.7. The molecule has 10 heteroatoms. The minimum atomic E-state index is -0.719. The number of carbonyl (C=O) groups is 3. The van der Waals surface area contributed by atoms with Crippen molar-refractivity contribution in [3.8, 4) is 5.69 Å². The van der Waals surface area contributed by atoms with Crippen LogP contribution in [-0.4, -0.2) is 82.1 Å². The Bertz CT molecular complexity index is 1390. The zero-order chi connectivity index (χ0) is 31.1. The third kappa shape index (κ3) is 8.07. The van der Waals surface area contributed by atoms with E-state index in [1.54, 1.807) is 48.1 Å². The van der Waals surface area contributed by atoms with Crippen molar-refractivity contribution in [1.29, 1.82) is 0 Å². The van der Waals surface area contributed by atoms with Crippen molar-refractivity contribution in [2.75, 3.05) is 26.7 Å². The Balaban J connectivity index is 1.56. The van der Waals surface area contributed by atoms with E-state index in [0.29, 0.717) is 31.6 Å². The fourth-order valence-corrected chi connectivity index (χ4v) is 5.31. The Labute approximate surface area is 253 Å². The quantitative estimate of drug-likeness (QED) is 0.354. The predicted octanol–water partition coefficient (Wildman–Crippen LogP) is 3.83. The number of hydrogen-bond donors (Lipinski definition) is 2. The van der Waals surface area contributed by atoms with Gasteiger partial charge in [-0.25, -0.2) is 9.07 Å². The molecule has 0 radical (unpaired) electrons. The SMILES string of the molecule is CNC(C)C(=O)NC(C(=O)N1CCCC1CN(CCc1ccc(F)cc1)C(=O)c1cnn(-c2ccccc2)c1)C(C)(C)C. The number of rotatable bonds is 11. The summed E-state index contributed by atoms with van der Waals surface area (Å²) < 4.78 is 15.2. The van der Waals surface area contributed by atoms with Crippen LogP contribution in [0.15, 0.2) is 67.0 Å². The number of likely N-dealkylation sites (N-methyl/N-ethyl adjacent to an activating group) is 1. The molecule has 4 rings (SSSR count). The summed E-state index contributed by atoms with van der Waals surface area (Å²) in [4.78, 5) is 44.3. The Morgan fingerprint density at radius 3 is 2.44 bits per heavy atom. The van der Waals surface area contributed by atoms with Crippen molar-refractivity contribution in [3.63, 3.8) is 0 Å². The molecule has 1 fully saturated rings. The van der Waals surface area contributed by atoms with Gasteiger partial charge in [-0.3, -0.25) is 14.4 Å². The second-order valence-corrected chi connectivity index (χ2v) is 12.3. The van der Waals surface area contributed by atoms with Gasteiger partial charge in [-0.05, 0) is 68.5 Å². The smallest absolute Gasteiger partial charge is 0.257 e. The van der Waals surface area contributed by atoms with Crippen LogP contribution in [0.4, 0.5) is 4.39 Å². The number of nitrogens with zero attached hydrogens (tertiary/aromatic N) is 4. The van der Waals surface area contributed by atoms with Crippen LogP contribution in [0, 0.1) is 11.2 Å². The standard InChI is InChI=1S/C33H43FN6O3/c1-23(35-5)30(41)37-29(33(2,3)4)32(43)39-18-9-12-28(39)22-38(19-17-24-13-15-26(34)16-14-24)31(42)25-20-36-40(21-25)27-10-7-6-8-11-27/h6-8,10-11,13-16,20-21,23,28-29,35H,9,12,17-19,22H2,1-5H3,(H,37,41). The number of hydrogen-bond acceptors (Lipinski definition) is 5. The summed E-state index contributed by atoms with van der Waals surface area (Å²) in [5, 5.41) is 10.3. The molecule has 1 aliphatic heterocycles. The lowest BCUT2D eigenvalue weighted by molar-refractivity contribution is -0.140. The molecule has 2 N–H and O–H groups in total. The van der Waals surface area contributed by atoms with Crippen molar-refractivity contribution in [2.24, 2.45) is 5.41 Å². The number of para-hydroxylation sites is 1. The molecule has 3 aromatic rings. The van der Waals surface area contributed by atoms with Crippen LogP contribution in [0.1, 0.15) is 56.5 Å². The number of likely N-dealkylation sites (tertiary alicyclic amines) is 1. The topological polar surface area (TPSA) is 99.6 Å². The summed E-state index contributed by atoms with van der Waals surface area (Å²) in [7, 11) is 1.70. The summed E-state index contributed by atoms with van der Waals surface area (Å²) >= 11 is 0. The van der Waals surface area contributed by atoms with Gasteiger partial charge in [0.2, 0.25) is 11.8 Å². The molecule has 3 atom stereocenters. The molecular formula is C33H43FN6O3. The van der Waals surface area contributed by atoms with Crippen LogP contribution in [-0.2, 0) is 16.0 Å². The fourth-order valence-electron chi connectivity index (χ4n) is 5.31. The third-order valence-electron chi connectivity index (χ3n) is 8.04. The summed E-state index contributed by atoms with van der Waals surface area (Å²) in [6.07, 6.45) is 5.36. The summed E-state index contributed by atoms with van der Waals surface area (Å²) in [6, 6.07) is 14.5. The number of benzene rings is 2. The van der Waals surface area contributed by atoms with Crippen molar-refractivity contribution in [2.45, 2.75) is 65.1 Å². The molecule has 3 unspecified atom stereocenters. The van der Waals surface area contributed by atoms with Crippen LogP contribution in [0.25, 0.3) is 5.69 Å². The summed E-state index contributed by atoms with van der Waals surface area (Å²) in [5.41, 5.74) is 1.68. The first-order chi connectivity index (χ1) is 20.5. The highest BCUT2D eigenvalue weighted by molar-refractivity contribution is 5.94. The van der Waals surface area contributed by atoms with E-state index in [0.717, 1.165) is 24.1 Å². The number of halogens is 1. The highest BCUT2D eigenvalue weighted by Gasteiger charge is 2.40. The molecule has 43 heavy (non-hydrogen) atoms. The highest BCUT2D eigenvalue weighted by atomic mass is 19.1. The van der Waals surface area contributed by atoms with E-state index in [4.69, 9.17) is 0 Å². The van der Waals surface area contributed by atoms with Gasteiger partial charge in [0.1, 0.15) is 11.9 Å². The molecule has 1 aliphatic rings. The average molecular weight is 591 g/mol. The van der Waals surface area contributed by atoms with Gasteiger partial charge in [-0.2, -0.15) is 5.10 Å². The molecule has 9 nitrogen and oxygen atoms in total. The second kappa shape index (κ2) is 13.9. The minimum absolute atomic E-state index is 0.144. The maximum absolute atomic E-state index is 14.0. The molecular weight excluding hydrogens is 547 g/mol. The van der Waals surface area contributed by atoms with Gasteiger partial charge in [-0.1, -0.05) is 51.1 Å². The highest BCUT2D eigenvalue weighted by Crippen LogP contribution is 2.27. The van der Waals surface area contributed by atoms with E-state index in [1.807, 2.05) is 56.0 Å². The lowest BCUT2D eigenvalue weighted by atomic mass is 9.85. The summed E-state index contributed by atoms with van der Waals surface area (Å²) in [5.74, 6) is -0.880. The molecule has 3 amide bonds. The van der Waals surface area contributed by atoms with Crippen LogP contribution in [0.5, 0.6) is 0 Å².